The number of hydrogen-bond acceptors (Lipinski definition) is 3. The van der Waals surface area contributed by atoms with Gasteiger partial charge in [-0.25, -0.2) is 4.98 Å². The van der Waals surface area contributed by atoms with Crippen LogP contribution >= 0.6 is 11.6 Å². The van der Waals surface area contributed by atoms with E-state index in [0.29, 0.717) is 17.3 Å². The number of ether oxygens (including phenoxy) is 1. The molecule has 1 heterocycles. The largest absolute Gasteiger partial charge is 0.381 e. The molecule has 0 amide bonds. The zero-order chi connectivity index (χ0) is 12.3. The molecule has 1 saturated carbocycles. The van der Waals surface area contributed by atoms with Gasteiger partial charge in [0.1, 0.15) is 5.15 Å². The monoisotopic (exact) mass is 254 g/mol. The molecule has 4 heteroatoms. The van der Waals surface area contributed by atoms with Crippen molar-refractivity contribution in [3.8, 4) is 0 Å². The Kier molecular flexibility index (Phi) is 4.24. The number of aromatic nitrogens is 1. The number of nitrogens with zero attached hydrogens (tertiary/aromatic N) is 1. The van der Waals surface area contributed by atoms with Gasteiger partial charge in [-0.1, -0.05) is 11.6 Å². The molecule has 3 nitrogen and oxygen atoms in total. The van der Waals surface area contributed by atoms with Crippen LogP contribution in [0, 0.1) is 6.92 Å². The van der Waals surface area contributed by atoms with E-state index in [9.17, 15) is 0 Å². The highest BCUT2D eigenvalue weighted by atomic mass is 35.5. The molecule has 0 bridgehead atoms. The van der Waals surface area contributed by atoms with Crippen molar-refractivity contribution in [2.45, 2.75) is 44.8 Å². The van der Waals surface area contributed by atoms with Crippen LogP contribution in [0.5, 0.6) is 0 Å². The number of pyridine rings is 1. The minimum absolute atomic E-state index is 0.442. The van der Waals surface area contributed by atoms with Crippen LogP contribution in [-0.2, 0) is 4.74 Å². The van der Waals surface area contributed by atoms with Gasteiger partial charge in [-0.2, -0.15) is 0 Å². The normalized spacial score (nSPS) is 24.6. The molecule has 1 aliphatic carbocycles. The van der Waals surface area contributed by atoms with Crippen molar-refractivity contribution in [3.63, 3.8) is 0 Å². The van der Waals surface area contributed by atoms with Crippen molar-refractivity contribution < 1.29 is 4.74 Å². The summed E-state index contributed by atoms with van der Waals surface area (Å²) in [5.41, 5.74) is 2.06. The highest BCUT2D eigenvalue weighted by Crippen LogP contribution is 2.25. The first-order valence-corrected chi connectivity index (χ1v) is 6.49. The molecule has 94 valence electrons. The molecular formula is C13H19ClN2O. The average Bonchev–Trinajstić information content (AvgIpc) is 2.34. The Hall–Kier alpha value is -0.800. The molecule has 0 aliphatic heterocycles. The lowest BCUT2D eigenvalue weighted by molar-refractivity contribution is 0.0682. The van der Waals surface area contributed by atoms with Crippen molar-refractivity contribution in [2.75, 3.05) is 12.4 Å². The lowest BCUT2D eigenvalue weighted by atomic mass is 9.93. The third kappa shape index (κ3) is 3.33. The van der Waals surface area contributed by atoms with E-state index in [0.717, 1.165) is 37.1 Å². The van der Waals surface area contributed by atoms with E-state index >= 15 is 0 Å². The van der Waals surface area contributed by atoms with Crippen LogP contribution in [-0.4, -0.2) is 24.2 Å². The Morgan fingerprint density at radius 1 is 1.29 bits per heavy atom. The summed E-state index contributed by atoms with van der Waals surface area (Å²) in [6, 6.07) is 4.37. The van der Waals surface area contributed by atoms with Crippen molar-refractivity contribution in [3.05, 3.63) is 23.0 Å². The maximum absolute atomic E-state index is 5.84. The molecule has 1 aromatic heterocycles. The number of hydrogen-bond donors (Lipinski definition) is 1. The predicted octanol–water partition coefficient (Wildman–Crippen LogP) is 3.41. The number of halogens is 1. The van der Waals surface area contributed by atoms with Gasteiger partial charge in [-0.3, -0.25) is 0 Å². The topological polar surface area (TPSA) is 34.1 Å². The Bertz CT molecular complexity index is 376. The van der Waals surface area contributed by atoms with E-state index in [4.69, 9.17) is 16.3 Å². The molecule has 17 heavy (non-hydrogen) atoms. The fraction of sp³-hybridized carbons (Fsp3) is 0.615. The summed E-state index contributed by atoms with van der Waals surface area (Å²) in [4.78, 5) is 4.25. The third-order valence-corrected chi connectivity index (χ3v) is 3.63. The van der Waals surface area contributed by atoms with Gasteiger partial charge < -0.3 is 10.1 Å². The fourth-order valence-corrected chi connectivity index (χ4v) is 2.54. The zero-order valence-electron chi connectivity index (χ0n) is 10.4. The number of anilines is 1. The molecular weight excluding hydrogens is 236 g/mol. The molecule has 0 atom stereocenters. The summed E-state index contributed by atoms with van der Waals surface area (Å²) in [5.74, 6) is 0. The fourth-order valence-electron chi connectivity index (χ4n) is 2.35. The summed E-state index contributed by atoms with van der Waals surface area (Å²) in [5, 5.41) is 4.10. The van der Waals surface area contributed by atoms with Crippen molar-refractivity contribution >= 4 is 17.3 Å². The standard InChI is InChI=1S/C13H19ClN2O/c1-9-12(7-8-13(14)15-9)16-10-3-5-11(17-2)6-4-10/h7-8,10-11,16H,3-6H2,1-2H3. The molecule has 1 aliphatic rings. The predicted molar refractivity (Wildman–Crippen MR) is 70.7 cm³/mol. The maximum Gasteiger partial charge on any atom is 0.129 e. The van der Waals surface area contributed by atoms with Crippen LogP contribution in [0.4, 0.5) is 5.69 Å². The molecule has 1 aromatic rings. The highest BCUT2D eigenvalue weighted by molar-refractivity contribution is 6.29. The third-order valence-electron chi connectivity index (χ3n) is 3.42. The summed E-state index contributed by atoms with van der Waals surface area (Å²) < 4.78 is 5.37. The van der Waals surface area contributed by atoms with Crippen LogP contribution in [0.25, 0.3) is 0 Å². The average molecular weight is 255 g/mol. The van der Waals surface area contributed by atoms with E-state index < -0.39 is 0 Å². The molecule has 1 N–H and O–H groups in total. The van der Waals surface area contributed by atoms with Gasteiger partial charge in [0.25, 0.3) is 0 Å². The first kappa shape index (κ1) is 12.7. The van der Waals surface area contributed by atoms with E-state index in [1.54, 1.807) is 7.11 Å². The second-order valence-corrected chi connectivity index (χ2v) is 5.01. The van der Waals surface area contributed by atoms with Crippen LogP contribution < -0.4 is 5.32 Å². The summed E-state index contributed by atoms with van der Waals surface area (Å²) in [6.45, 7) is 1.98. The van der Waals surface area contributed by atoms with Gasteiger partial charge in [-0.05, 0) is 44.7 Å². The van der Waals surface area contributed by atoms with Crippen LogP contribution in [0.2, 0.25) is 5.15 Å². The minimum Gasteiger partial charge on any atom is -0.381 e. The number of rotatable bonds is 3. The van der Waals surface area contributed by atoms with Gasteiger partial charge in [0.2, 0.25) is 0 Å². The van der Waals surface area contributed by atoms with Crippen LogP contribution in [0.1, 0.15) is 31.4 Å². The smallest absolute Gasteiger partial charge is 0.129 e. The van der Waals surface area contributed by atoms with Gasteiger partial charge in [0.05, 0.1) is 17.5 Å². The minimum atomic E-state index is 0.442. The van der Waals surface area contributed by atoms with E-state index in [2.05, 4.69) is 10.3 Å². The second-order valence-electron chi connectivity index (χ2n) is 4.62. The lowest BCUT2D eigenvalue weighted by Crippen LogP contribution is -2.29. The summed E-state index contributed by atoms with van der Waals surface area (Å²) in [6.07, 6.45) is 5.02. The van der Waals surface area contributed by atoms with Crippen molar-refractivity contribution in [1.82, 2.24) is 4.98 Å². The Morgan fingerprint density at radius 2 is 2.00 bits per heavy atom. The Balaban J connectivity index is 1.93. The van der Waals surface area contributed by atoms with Crippen LogP contribution in [0.15, 0.2) is 12.1 Å². The number of aryl methyl sites for hydroxylation is 1. The number of nitrogens with one attached hydrogen (secondary N) is 1. The molecule has 0 unspecified atom stereocenters. The van der Waals surface area contributed by atoms with E-state index in [1.165, 1.54) is 0 Å². The molecule has 0 saturated heterocycles. The van der Waals surface area contributed by atoms with E-state index in [-0.39, 0.29) is 0 Å². The highest BCUT2D eigenvalue weighted by Gasteiger charge is 2.20. The SMILES string of the molecule is COC1CCC(Nc2ccc(Cl)nc2C)CC1. The van der Waals surface area contributed by atoms with Gasteiger partial charge in [-0.15, -0.1) is 0 Å². The molecule has 2 rings (SSSR count). The van der Waals surface area contributed by atoms with Crippen molar-refractivity contribution in [2.24, 2.45) is 0 Å². The molecule has 1 fully saturated rings. The Morgan fingerprint density at radius 3 is 2.59 bits per heavy atom. The van der Waals surface area contributed by atoms with E-state index in [1.807, 2.05) is 19.1 Å². The number of methoxy groups -OCH3 is 1. The second kappa shape index (κ2) is 5.69. The summed E-state index contributed by atoms with van der Waals surface area (Å²) in [7, 11) is 1.80. The maximum atomic E-state index is 5.84. The van der Waals surface area contributed by atoms with Gasteiger partial charge in [0, 0.05) is 13.2 Å². The first-order valence-electron chi connectivity index (χ1n) is 6.11. The van der Waals surface area contributed by atoms with Gasteiger partial charge in [0.15, 0.2) is 0 Å². The first-order chi connectivity index (χ1) is 8.19. The summed E-state index contributed by atoms with van der Waals surface area (Å²) >= 11 is 5.84. The van der Waals surface area contributed by atoms with Crippen LogP contribution in [0.3, 0.4) is 0 Å². The molecule has 0 aromatic carbocycles. The quantitative estimate of drug-likeness (QED) is 0.840. The Labute approximate surface area is 108 Å². The lowest BCUT2D eigenvalue weighted by Gasteiger charge is -2.29. The zero-order valence-corrected chi connectivity index (χ0v) is 11.1. The van der Waals surface area contributed by atoms with Crippen molar-refractivity contribution in [1.29, 1.82) is 0 Å². The van der Waals surface area contributed by atoms with Gasteiger partial charge >= 0.3 is 0 Å². The molecule has 0 spiro atoms. The molecule has 0 radical (unpaired) electrons.